The summed E-state index contributed by atoms with van der Waals surface area (Å²) in [5.41, 5.74) is 5.45. The Morgan fingerprint density at radius 2 is 2.40 bits per heavy atom. The zero-order chi connectivity index (χ0) is 10.7. The Balaban J connectivity index is 2.06. The Kier molecular flexibility index (Phi) is 2.98. The SMILES string of the molecule is Nc1cnc(N2CCOC(CO)C2)cn1. The van der Waals surface area contributed by atoms with E-state index in [1.54, 1.807) is 6.20 Å². The number of nitrogen functional groups attached to an aromatic ring is 1. The van der Waals surface area contributed by atoms with Crippen molar-refractivity contribution in [2.24, 2.45) is 0 Å². The lowest BCUT2D eigenvalue weighted by molar-refractivity contribution is 0.00335. The van der Waals surface area contributed by atoms with Crippen molar-refractivity contribution in [1.29, 1.82) is 0 Å². The summed E-state index contributed by atoms with van der Waals surface area (Å²) in [6.45, 7) is 2.01. The minimum absolute atomic E-state index is 0.0267. The van der Waals surface area contributed by atoms with Gasteiger partial charge >= 0.3 is 0 Å². The highest BCUT2D eigenvalue weighted by Crippen LogP contribution is 2.14. The summed E-state index contributed by atoms with van der Waals surface area (Å²) >= 11 is 0. The number of hydrogen-bond donors (Lipinski definition) is 2. The molecule has 0 saturated carbocycles. The second kappa shape index (κ2) is 4.41. The molecular weight excluding hydrogens is 196 g/mol. The molecule has 6 nitrogen and oxygen atoms in total. The molecular formula is C9H14N4O2. The van der Waals surface area contributed by atoms with Crippen molar-refractivity contribution < 1.29 is 9.84 Å². The first-order chi connectivity index (χ1) is 7.29. The molecule has 1 saturated heterocycles. The van der Waals surface area contributed by atoms with E-state index in [2.05, 4.69) is 9.97 Å². The standard InChI is InChI=1S/C9H14N4O2/c10-8-3-12-9(4-11-8)13-1-2-15-7(5-13)6-14/h3-4,7,14H,1-2,5-6H2,(H2,10,11). The van der Waals surface area contributed by atoms with Crippen LogP contribution >= 0.6 is 0 Å². The third kappa shape index (κ3) is 2.34. The first-order valence-corrected chi connectivity index (χ1v) is 4.84. The predicted octanol–water partition coefficient (Wildman–Crippen LogP) is -0.744. The van der Waals surface area contributed by atoms with Gasteiger partial charge in [-0.05, 0) is 0 Å². The molecule has 0 aromatic carbocycles. The number of ether oxygens (including phenoxy) is 1. The van der Waals surface area contributed by atoms with E-state index in [0.29, 0.717) is 19.0 Å². The molecule has 15 heavy (non-hydrogen) atoms. The van der Waals surface area contributed by atoms with Gasteiger partial charge in [0.25, 0.3) is 0 Å². The van der Waals surface area contributed by atoms with Gasteiger partial charge in [-0.25, -0.2) is 9.97 Å². The molecule has 1 unspecified atom stereocenters. The number of rotatable bonds is 2. The van der Waals surface area contributed by atoms with Gasteiger partial charge in [-0.15, -0.1) is 0 Å². The van der Waals surface area contributed by atoms with Crippen LogP contribution in [0.1, 0.15) is 0 Å². The first kappa shape index (κ1) is 10.1. The molecule has 1 aliphatic rings. The molecule has 3 N–H and O–H groups in total. The van der Waals surface area contributed by atoms with Crippen LogP contribution in [-0.2, 0) is 4.74 Å². The summed E-state index contributed by atoms with van der Waals surface area (Å²) in [6, 6.07) is 0. The van der Waals surface area contributed by atoms with E-state index in [9.17, 15) is 0 Å². The molecule has 0 spiro atoms. The molecule has 0 radical (unpaired) electrons. The summed E-state index contributed by atoms with van der Waals surface area (Å²) in [6.07, 6.45) is 3.02. The molecule has 2 heterocycles. The van der Waals surface area contributed by atoms with Gasteiger partial charge in [0.2, 0.25) is 0 Å². The molecule has 82 valence electrons. The summed E-state index contributed by atoms with van der Waals surface area (Å²) in [7, 11) is 0. The fourth-order valence-corrected chi connectivity index (χ4v) is 1.53. The van der Waals surface area contributed by atoms with Gasteiger partial charge in [0, 0.05) is 13.1 Å². The lowest BCUT2D eigenvalue weighted by Crippen LogP contribution is -2.44. The number of morpholine rings is 1. The van der Waals surface area contributed by atoms with E-state index in [0.717, 1.165) is 12.4 Å². The Morgan fingerprint density at radius 3 is 3.07 bits per heavy atom. The number of anilines is 2. The van der Waals surface area contributed by atoms with Crippen LogP contribution in [0.3, 0.4) is 0 Å². The number of hydrogen-bond acceptors (Lipinski definition) is 6. The van der Waals surface area contributed by atoms with Crippen LogP contribution in [0.2, 0.25) is 0 Å². The lowest BCUT2D eigenvalue weighted by Gasteiger charge is -2.32. The zero-order valence-electron chi connectivity index (χ0n) is 8.33. The van der Waals surface area contributed by atoms with Crippen LogP contribution in [-0.4, -0.2) is 47.5 Å². The molecule has 2 rings (SSSR count). The third-order valence-corrected chi connectivity index (χ3v) is 2.32. The second-order valence-electron chi connectivity index (χ2n) is 3.42. The van der Waals surface area contributed by atoms with Crippen LogP contribution in [0.5, 0.6) is 0 Å². The maximum absolute atomic E-state index is 8.99. The fraction of sp³-hybridized carbons (Fsp3) is 0.556. The van der Waals surface area contributed by atoms with Crippen molar-refractivity contribution in [3.8, 4) is 0 Å². The summed E-state index contributed by atoms with van der Waals surface area (Å²) in [5, 5.41) is 8.99. The molecule has 0 bridgehead atoms. The average molecular weight is 210 g/mol. The second-order valence-corrected chi connectivity index (χ2v) is 3.42. The highest BCUT2D eigenvalue weighted by atomic mass is 16.5. The predicted molar refractivity (Wildman–Crippen MR) is 55.5 cm³/mol. The largest absolute Gasteiger partial charge is 0.394 e. The van der Waals surface area contributed by atoms with Crippen molar-refractivity contribution >= 4 is 11.6 Å². The van der Waals surface area contributed by atoms with Crippen LogP contribution in [0.15, 0.2) is 12.4 Å². The van der Waals surface area contributed by atoms with Crippen molar-refractivity contribution in [1.82, 2.24) is 9.97 Å². The maximum atomic E-state index is 8.99. The Labute approximate surface area is 87.7 Å². The molecule has 1 aliphatic heterocycles. The minimum atomic E-state index is -0.141. The maximum Gasteiger partial charge on any atom is 0.147 e. The molecule has 0 amide bonds. The normalized spacial score (nSPS) is 21.7. The van der Waals surface area contributed by atoms with Gasteiger partial charge in [-0.1, -0.05) is 0 Å². The van der Waals surface area contributed by atoms with Gasteiger partial charge in [-0.3, -0.25) is 0 Å². The van der Waals surface area contributed by atoms with Crippen molar-refractivity contribution in [3.63, 3.8) is 0 Å². The molecule has 1 aromatic heterocycles. The van der Waals surface area contributed by atoms with E-state index >= 15 is 0 Å². The molecule has 1 atom stereocenters. The molecule has 1 fully saturated rings. The monoisotopic (exact) mass is 210 g/mol. The van der Waals surface area contributed by atoms with Crippen molar-refractivity contribution in [2.45, 2.75) is 6.10 Å². The molecule has 0 aliphatic carbocycles. The van der Waals surface area contributed by atoms with E-state index in [4.69, 9.17) is 15.6 Å². The van der Waals surface area contributed by atoms with E-state index in [-0.39, 0.29) is 12.7 Å². The van der Waals surface area contributed by atoms with Crippen LogP contribution in [0.4, 0.5) is 11.6 Å². The van der Waals surface area contributed by atoms with Crippen LogP contribution < -0.4 is 10.6 Å². The van der Waals surface area contributed by atoms with Gasteiger partial charge in [0.15, 0.2) is 0 Å². The number of aliphatic hydroxyl groups excluding tert-OH is 1. The molecule has 1 aromatic rings. The van der Waals surface area contributed by atoms with Gasteiger partial charge < -0.3 is 20.5 Å². The number of nitrogens with two attached hydrogens (primary N) is 1. The lowest BCUT2D eigenvalue weighted by atomic mass is 10.3. The third-order valence-electron chi connectivity index (χ3n) is 2.32. The first-order valence-electron chi connectivity index (χ1n) is 4.84. The Hall–Kier alpha value is -1.40. The summed E-state index contributed by atoms with van der Waals surface area (Å²) in [4.78, 5) is 10.2. The van der Waals surface area contributed by atoms with E-state index in [1.807, 2.05) is 4.90 Å². The number of aliphatic hydroxyl groups is 1. The zero-order valence-corrected chi connectivity index (χ0v) is 8.33. The average Bonchev–Trinajstić information content (AvgIpc) is 2.30. The summed E-state index contributed by atoms with van der Waals surface area (Å²) in [5.74, 6) is 1.18. The summed E-state index contributed by atoms with van der Waals surface area (Å²) < 4.78 is 5.34. The van der Waals surface area contributed by atoms with Gasteiger partial charge in [0.05, 0.1) is 31.7 Å². The topological polar surface area (TPSA) is 84.5 Å². The van der Waals surface area contributed by atoms with E-state index in [1.165, 1.54) is 6.20 Å². The molecule has 6 heteroatoms. The highest BCUT2D eigenvalue weighted by Gasteiger charge is 2.20. The highest BCUT2D eigenvalue weighted by molar-refractivity contribution is 5.39. The Bertz CT molecular complexity index is 316. The van der Waals surface area contributed by atoms with E-state index < -0.39 is 0 Å². The Morgan fingerprint density at radius 1 is 1.53 bits per heavy atom. The fourth-order valence-electron chi connectivity index (χ4n) is 1.53. The number of nitrogens with zero attached hydrogens (tertiary/aromatic N) is 3. The van der Waals surface area contributed by atoms with Crippen molar-refractivity contribution in [2.75, 3.05) is 36.9 Å². The quantitative estimate of drug-likeness (QED) is 0.668. The van der Waals surface area contributed by atoms with Crippen LogP contribution in [0.25, 0.3) is 0 Å². The minimum Gasteiger partial charge on any atom is -0.394 e. The van der Waals surface area contributed by atoms with Crippen molar-refractivity contribution in [3.05, 3.63) is 12.4 Å². The number of aromatic nitrogens is 2. The van der Waals surface area contributed by atoms with Gasteiger partial charge in [0.1, 0.15) is 11.6 Å². The van der Waals surface area contributed by atoms with Gasteiger partial charge in [-0.2, -0.15) is 0 Å². The smallest absolute Gasteiger partial charge is 0.147 e. The van der Waals surface area contributed by atoms with Crippen LogP contribution in [0, 0.1) is 0 Å².